The third-order valence-corrected chi connectivity index (χ3v) is 6.69. The molecule has 0 unspecified atom stereocenters. The van der Waals surface area contributed by atoms with Crippen LogP contribution in [0.3, 0.4) is 0 Å². The average molecular weight is 530 g/mol. The number of nitrogens with zero attached hydrogens (tertiary/aromatic N) is 1. The van der Waals surface area contributed by atoms with E-state index >= 15 is 0 Å². The Balaban J connectivity index is 1.38. The predicted molar refractivity (Wildman–Crippen MR) is 154 cm³/mol. The van der Waals surface area contributed by atoms with Gasteiger partial charge in [0.2, 0.25) is 0 Å². The molecular weight excluding hydrogens is 490 g/mol. The molecule has 0 aliphatic carbocycles. The number of hydrogen-bond acceptors (Lipinski definition) is 6. The minimum atomic E-state index is -0.356. The van der Waals surface area contributed by atoms with Crippen LogP contribution >= 0.6 is 0 Å². The van der Waals surface area contributed by atoms with Crippen molar-refractivity contribution in [2.24, 2.45) is 17.0 Å². The summed E-state index contributed by atoms with van der Waals surface area (Å²) < 4.78 is 24.2. The van der Waals surface area contributed by atoms with Crippen molar-refractivity contribution in [3.8, 4) is 11.5 Å². The number of hydrogen-bond donors (Lipinski definition) is 0. The first-order valence-electron chi connectivity index (χ1n) is 13.5. The van der Waals surface area contributed by atoms with Crippen LogP contribution in [0.5, 0.6) is 11.5 Å². The van der Waals surface area contributed by atoms with Gasteiger partial charge in [0.15, 0.2) is 0 Å². The first-order chi connectivity index (χ1) is 19.0. The highest BCUT2D eigenvalue weighted by atomic mass is 16.6. The molecule has 0 aromatic heterocycles. The first kappa shape index (κ1) is 28.4. The van der Waals surface area contributed by atoms with Gasteiger partial charge in [-0.05, 0) is 47.4 Å². The minimum Gasteiger partial charge on any atom is -0.497 e. The van der Waals surface area contributed by atoms with Gasteiger partial charge in [-0.2, -0.15) is 0 Å². The molecule has 5 atom stereocenters. The van der Waals surface area contributed by atoms with E-state index in [4.69, 9.17) is 23.8 Å². The molecule has 6 nitrogen and oxygen atoms in total. The molecule has 1 heterocycles. The standard InChI is InChI=1S/C33H39NO5/c1-24(2)33(36-22-26-11-7-5-8-12-26)25(3)21-34-37-23-32-31(38-29-17-15-28(35-4)16-18-29)20-19-30(39-32)27-13-9-6-10-14-27/h5-21,24-25,30-33H,22-23H2,1-4H3/t25-,30+,31+,32-,33-/m1/s1. The smallest absolute Gasteiger partial charge is 0.147 e. The van der Waals surface area contributed by atoms with Crippen molar-refractivity contribution in [3.63, 3.8) is 0 Å². The highest BCUT2D eigenvalue weighted by Gasteiger charge is 2.30. The number of rotatable bonds is 13. The molecule has 0 bridgehead atoms. The van der Waals surface area contributed by atoms with Gasteiger partial charge in [0, 0.05) is 12.1 Å². The Hall–Kier alpha value is -3.61. The lowest BCUT2D eigenvalue weighted by atomic mass is 9.95. The zero-order valence-corrected chi connectivity index (χ0v) is 23.2. The molecule has 6 heteroatoms. The Morgan fingerprint density at radius 2 is 1.51 bits per heavy atom. The van der Waals surface area contributed by atoms with E-state index in [0.717, 1.165) is 22.6 Å². The average Bonchev–Trinajstić information content (AvgIpc) is 2.97. The van der Waals surface area contributed by atoms with Crippen molar-refractivity contribution >= 4 is 6.21 Å². The molecule has 0 fully saturated rings. The highest BCUT2D eigenvalue weighted by molar-refractivity contribution is 5.60. The van der Waals surface area contributed by atoms with Crippen LogP contribution in [0.2, 0.25) is 0 Å². The zero-order valence-electron chi connectivity index (χ0n) is 23.2. The van der Waals surface area contributed by atoms with E-state index in [0.29, 0.717) is 12.5 Å². The summed E-state index contributed by atoms with van der Waals surface area (Å²) in [4.78, 5) is 5.78. The van der Waals surface area contributed by atoms with Gasteiger partial charge >= 0.3 is 0 Å². The van der Waals surface area contributed by atoms with Gasteiger partial charge in [0.05, 0.1) is 19.8 Å². The van der Waals surface area contributed by atoms with Crippen LogP contribution in [0.4, 0.5) is 0 Å². The van der Waals surface area contributed by atoms with Gasteiger partial charge in [0.25, 0.3) is 0 Å². The third kappa shape index (κ3) is 8.44. The van der Waals surface area contributed by atoms with Crippen molar-refractivity contribution in [3.05, 3.63) is 108 Å². The van der Waals surface area contributed by atoms with Gasteiger partial charge in [-0.1, -0.05) is 92.7 Å². The Bertz CT molecular complexity index is 1160. The number of benzene rings is 3. The summed E-state index contributed by atoms with van der Waals surface area (Å²) in [5.74, 6) is 1.91. The fraction of sp³-hybridized carbons (Fsp3) is 0.364. The van der Waals surface area contributed by atoms with Crippen molar-refractivity contribution < 1.29 is 23.8 Å². The van der Waals surface area contributed by atoms with E-state index in [9.17, 15) is 0 Å². The molecule has 3 aromatic carbocycles. The van der Waals surface area contributed by atoms with E-state index in [2.05, 4.69) is 50.2 Å². The van der Waals surface area contributed by atoms with Crippen molar-refractivity contribution in [2.75, 3.05) is 13.7 Å². The maximum Gasteiger partial charge on any atom is 0.147 e. The van der Waals surface area contributed by atoms with Crippen LogP contribution in [-0.4, -0.2) is 38.2 Å². The van der Waals surface area contributed by atoms with Crippen molar-refractivity contribution in [1.82, 2.24) is 0 Å². The lowest BCUT2D eigenvalue weighted by Crippen LogP contribution is -2.39. The molecule has 3 aromatic rings. The largest absolute Gasteiger partial charge is 0.497 e. The molecule has 4 rings (SSSR count). The summed E-state index contributed by atoms with van der Waals surface area (Å²) in [5, 5.41) is 4.30. The summed E-state index contributed by atoms with van der Waals surface area (Å²) in [5.41, 5.74) is 2.23. The number of ether oxygens (including phenoxy) is 4. The quantitative estimate of drug-likeness (QED) is 0.135. The Morgan fingerprint density at radius 3 is 2.18 bits per heavy atom. The van der Waals surface area contributed by atoms with E-state index in [-0.39, 0.29) is 36.9 Å². The molecule has 0 N–H and O–H groups in total. The second-order valence-electron chi connectivity index (χ2n) is 10.1. The molecule has 0 radical (unpaired) electrons. The summed E-state index contributed by atoms with van der Waals surface area (Å²) in [6.07, 6.45) is 5.03. The number of oxime groups is 1. The second kappa shape index (κ2) is 14.5. The lowest BCUT2D eigenvalue weighted by Gasteiger charge is -2.32. The molecule has 0 saturated heterocycles. The van der Waals surface area contributed by atoms with Crippen LogP contribution in [-0.2, 0) is 20.9 Å². The van der Waals surface area contributed by atoms with Gasteiger partial charge in [-0.3, -0.25) is 0 Å². The molecule has 0 saturated carbocycles. The summed E-state index contributed by atoms with van der Waals surface area (Å²) in [6.45, 7) is 7.23. The second-order valence-corrected chi connectivity index (χ2v) is 10.1. The summed E-state index contributed by atoms with van der Waals surface area (Å²) in [6, 6.07) is 27.8. The predicted octanol–water partition coefficient (Wildman–Crippen LogP) is 7.02. The topological polar surface area (TPSA) is 58.5 Å². The molecule has 1 aliphatic rings. The molecule has 1 aliphatic heterocycles. The maximum absolute atomic E-state index is 6.42. The van der Waals surface area contributed by atoms with Crippen LogP contribution in [0, 0.1) is 11.8 Å². The van der Waals surface area contributed by atoms with Crippen LogP contribution in [0.1, 0.15) is 38.0 Å². The molecule has 39 heavy (non-hydrogen) atoms. The summed E-state index contributed by atoms with van der Waals surface area (Å²) >= 11 is 0. The SMILES string of the molecule is COc1ccc(O[C@H]2C=C[C@@H](c3ccccc3)O[C@@H]2CON=C[C@@H](C)[C@H](OCc2ccccc2)C(C)C)cc1. The molecule has 206 valence electrons. The van der Waals surface area contributed by atoms with E-state index in [1.165, 1.54) is 0 Å². The van der Waals surface area contributed by atoms with Gasteiger partial charge in [-0.25, -0.2) is 0 Å². The normalized spacial score (nSPS) is 20.6. The van der Waals surface area contributed by atoms with Gasteiger partial charge < -0.3 is 23.8 Å². The fourth-order valence-corrected chi connectivity index (χ4v) is 4.60. The van der Waals surface area contributed by atoms with Gasteiger partial charge in [-0.15, -0.1) is 0 Å². The van der Waals surface area contributed by atoms with Crippen molar-refractivity contribution in [2.45, 2.75) is 51.8 Å². The van der Waals surface area contributed by atoms with Crippen molar-refractivity contribution in [1.29, 1.82) is 0 Å². The number of methoxy groups -OCH3 is 1. The summed E-state index contributed by atoms with van der Waals surface area (Å²) in [7, 11) is 1.64. The minimum absolute atomic E-state index is 0.0139. The molecule has 0 amide bonds. The monoisotopic (exact) mass is 529 g/mol. The zero-order chi connectivity index (χ0) is 27.5. The van der Waals surface area contributed by atoms with E-state index in [1.807, 2.05) is 79.0 Å². The van der Waals surface area contributed by atoms with Crippen LogP contribution in [0.25, 0.3) is 0 Å². The van der Waals surface area contributed by atoms with E-state index < -0.39 is 0 Å². The Morgan fingerprint density at radius 1 is 0.846 bits per heavy atom. The third-order valence-electron chi connectivity index (χ3n) is 6.69. The molecular formula is C33H39NO5. The lowest BCUT2D eigenvalue weighted by molar-refractivity contribution is -0.0879. The van der Waals surface area contributed by atoms with Crippen LogP contribution in [0.15, 0.2) is 102 Å². The Kier molecular flexibility index (Phi) is 10.6. The van der Waals surface area contributed by atoms with Gasteiger partial charge in [0.1, 0.15) is 36.4 Å². The first-order valence-corrected chi connectivity index (χ1v) is 13.5. The fourth-order valence-electron chi connectivity index (χ4n) is 4.60. The Labute approximate surface area is 232 Å². The molecule has 0 spiro atoms. The van der Waals surface area contributed by atoms with E-state index in [1.54, 1.807) is 7.11 Å². The van der Waals surface area contributed by atoms with Crippen LogP contribution < -0.4 is 9.47 Å². The highest BCUT2D eigenvalue weighted by Crippen LogP contribution is 2.29. The maximum atomic E-state index is 6.42.